The number of urea groups is 1. The molecular weight excluding hydrogens is 480 g/mol. The summed E-state index contributed by atoms with van der Waals surface area (Å²) in [6.45, 7) is 6.90. The molecular formula is C23H23BrN2O6. The van der Waals surface area contributed by atoms with Crippen LogP contribution in [0.2, 0.25) is 0 Å². The number of hydrogen-bond acceptors (Lipinski definition) is 6. The fourth-order valence-corrected chi connectivity index (χ4v) is 3.71. The van der Waals surface area contributed by atoms with Gasteiger partial charge in [0, 0.05) is 0 Å². The van der Waals surface area contributed by atoms with E-state index < -0.39 is 17.8 Å². The number of ether oxygens (including phenoxy) is 3. The summed E-state index contributed by atoms with van der Waals surface area (Å²) >= 11 is 3.45. The van der Waals surface area contributed by atoms with E-state index in [2.05, 4.69) is 21.2 Å². The van der Waals surface area contributed by atoms with Gasteiger partial charge >= 0.3 is 6.03 Å². The smallest absolute Gasteiger partial charge is 0.335 e. The molecule has 8 nitrogen and oxygen atoms in total. The largest absolute Gasteiger partial charge is 0.494 e. The highest BCUT2D eigenvalue weighted by molar-refractivity contribution is 9.10. The molecule has 4 amide bonds. The van der Waals surface area contributed by atoms with Crippen molar-refractivity contribution in [2.24, 2.45) is 0 Å². The van der Waals surface area contributed by atoms with E-state index >= 15 is 0 Å². The number of anilines is 1. The highest BCUT2D eigenvalue weighted by Gasteiger charge is 2.36. The average molecular weight is 503 g/mol. The van der Waals surface area contributed by atoms with Crippen molar-refractivity contribution in [2.75, 3.05) is 24.7 Å². The molecule has 3 rings (SSSR count). The van der Waals surface area contributed by atoms with Gasteiger partial charge in [0.1, 0.15) is 11.3 Å². The lowest BCUT2D eigenvalue weighted by molar-refractivity contribution is -0.122. The molecule has 2 aromatic rings. The van der Waals surface area contributed by atoms with Crippen molar-refractivity contribution in [1.82, 2.24) is 5.32 Å². The number of carbonyl (C=O) groups excluding carboxylic acids is 3. The van der Waals surface area contributed by atoms with Gasteiger partial charge in [0.05, 0.1) is 30.0 Å². The first kappa shape index (κ1) is 23.3. The van der Waals surface area contributed by atoms with Crippen LogP contribution in [0.1, 0.15) is 26.3 Å². The molecule has 0 aromatic heterocycles. The average Bonchev–Trinajstić information content (AvgIpc) is 2.75. The third-order valence-electron chi connectivity index (χ3n) is 4.44. The number of halogens is 1. The Kier molecular flexibility index (Phi) is 7.53. The minimum Gasteiger partial charge on any atom is -0.494 e. The summed E-state index contributed by atoms with van der Waals surface area (Å²) < 4.78 is 17.3. The summed E-state index contributed by atoms with van der Waals surface area (Å²) in [5.41, 5.74) is 0.664. The van der Waals surface area contributed by atoms with Gasteiger partial charge in [-0.2, -0.15) is 0 Å². The number of nitrogens with zero attached hydrogens (tertiary/aromatic N) is 1. The lowest BCUT2D eigenvalue weighted by Crippen LogP contribution is -2.54. The second kappa shape index (κ2) is 10.3. The van der Waals surface area contributed by atoms with Crippen LogP contribution >= 0.6 is 15.9 Å². The predicted octanol–water partition coefficient (Wildman–Crippen LogP) is 4.31. The summed E-state index contributed by atoms with van der Waals surface area (Å²) in [4.78, 5) is 38.9. The zero-order valence-corrected chi connectivity index (χ0v) is 19.5. The van der Waals surface area contributed by atoms with E-state index in [1.807, 2.05) is 20.8 Å². The molecule has 32 heavy (non-hydrogen) atoms. The molecule has 0 saturated carbocycles. The molecule has 1 aliphatic heterocycles. The number of benzene rings is 2. The maximum Gasteiger partial charge on any atom is 0.335 e. The first-order valence-corrected chi connectivity index (χ1v) is 10.9. The van der Waals surface area contributed by atoms with E-state index in [0.717, 1.165) is 4.90 Å². The molecule has 0 radical (unpaired) electrons. The van der Waals surface area contributed by atoms with E-state index in [0.29, 0.717) is 52.8 Å². The Labute approximate surface area is 194 Å². The standard InChI is InChI=1S/C23H23BrN2O6/c1-4-30-16-9-7-15(8-10-16)26-22(28)17(21(27)25-23(26)29)11-14-12-18(24)20(32-6-3)19(13-14)31-5-2/h7-13H,4-6H2,1-3H3,(H,25,27,29)/b17-11+. The van der Waals surface area contributed by atoms with Crippen LogP contribution in [0.4, 0.5) is 10.5 Å². The number of carbonyl (C=O) groups is 3. The number of barbiturate groups is 1. The number of hydrogen-bond donors (Lipinski definition) is 1. The third-order valence-corrected chi connectivity index (χ3v) is 5.03. The van der Waals surface area contributed by atoms with Gasteiger partial charge in [0.2, 0.25) is 0 Å². The highest BCUT2D eigenvalue weighted by Crippen LogP contribution is 2.38. The molecule has 1 saturated heterocycles. The molecule has 0 spiro atoms. The molecule has 0 bridgehead atoms. The highest BCUT2D eigenvalue weighted by atomic mass is 79.9. The molecule has 0 atom stereocenters. The van der Waals surface area contributed by atoms with Crippen LogP contribution in [0.25, 0.3) is 6.08 Å². The van der Waals surface area contributed by atoms with Crippen LogP contribution in [0.3, 0.4) is 0 Å². The molecule has 1 aliphatic rings. The van der Waals surface area contributed by atoms with Gasteiger partial charge in [-0.05, 0) is 84.7 Å². The Hall–Kier alpha value is -3.33. The first-order valence-electron chi connectivity index (χ1n) is 10.1. The fraction of sp³-hybridized carbons (Fsp3) is 0.261. The maximum absolute atomic E-state index is 13.1. The number of amides is 4. The van der Waals surface area contributed by atoms with Crippen molar-refractivity contribution in [3.05, 3.63) is 52.0 Å². The van der Waals surface area contributed by atoms with Crippen LogP contribution in [0, 0.1) is 0 Å². The second-order valence-corrected chi connectivity index (χ2v) is 7.44. The predicted molar refractivity (Wildman–Crippen MR) is 123 cm³/mol. The first-order chi connectivity index (χ1) is 15.4. The summed E-state index contributed by atoms with van der Waals surface area (Å²) in [7, 11) is 0. The topological polar surface area (TPSA) is 94.2 Å². The molecule has 168 valence electrons. The van der Waals surface area contributed by atoms with Crippen molar-refractivity contribution in [3.8, 4) is 17.2 Å². The van der Waals surface area contributed by atoms with Gasteiger partial charge < -0.3 is 14.2 Å². The van der Waals surface area contributed by atoms with E-state index in [1.54, 1.807) is 36.4 Å². The zero-order valence-electron chi connectivity index (χ0n) is 17.9. The van der Waals surface area contributed by atoms with E-state index in [4.69, 9.17) is 14.2 Å². The van der Waals surface area contributed by atoms with Gasteiger partial charge in [-0.15, -0.1) is 0 Å². The summed E-state index contributed by atoms with van der Waals surface area (Å²) in [6.07, 6.45) is 1.41. The van der Waals surface area contributed by atoms with Crippen molar-refractivity contribution >= 4 is 45.5 Å². The summed E-state index contributed by atoms with van der Waals surface area (Å²) in [5.74, 6) is 0.104. The van der Waals surface area contributed by atoms with Crippen LogP contribution < -0.4 is 24.4 Å². The quantitative estimate of drug-likeness (QED) is 0.426. The van der Waals surface area contributed by atoms with Crippen molar-refractivity contribution < 1.29 is 28.6 Å². The summed E-state index contributed by atoms with van der Waals surface area (Å²) in [6, 6.07) is 9.02. The number of rotatable bonds is 8. The van der Waals surface area contributed by atoms with Gasteiger partial charge in [-0.3, -0.25) is 14.9 Å². The summed E-state index contributed by atoms with van der Waals surface area (Å²) in [5, 5.41) is 2.21. The van der Waals surface area contributed by atoms with E-state index in [1.165, 1.54) is 6.08 Å². The van der Waals surface area contributed by atoms with Gasteiger partial charge in [-0.1, -0.05) is 0 Å². The number of nitrogens with one attached hydrogen (secondary N) is 1. The minimum atomic E-state index is -0.816. The van der Waals surface area contributed by atoms with Crippen molar-refractivity contribution in [3.63, 3.8) is 0 Å². The Bertz CT molecular complexity index is 1060. The Morgan fingerprint density at radius 1 is 0.938 bits per heavy atom. The van der Waals surface area contributed by atoms with Crippen LogP contribution in [-0.4, -0.2) is 37.7 Å². The minimum absolute atomic E-state index is 0.183. The van der Waals surface area contributed by atoms with Gasteiger partial charge in [0.25, 0.3) is 11.8 Å². The molecule has 0 aliphatic carbocycles. The zero-order chi connectivity index (χ0) is 23.3. The molecule has 2 aromatic carbocycles. The second-order valence-electron chi connectivity index (χ2n) is 6.58. The van der Waals surface area contributed by atoms with E-state index in [9.17, 15) is 14.4 Å². The third kappa shape index (κ3) is 4.94. The Balaban J connectivity index is 1.98. The maximum atomic E-state index is 13.1. The van der Waals surface area contributed by atoms with Crippen molar-refractivity contribution in [2.45, 2.75) is 20.8 Å². The molecule has 0 unspecified atom stereocenters. The molecule has 1 N–H and O–H groups in total. The Morgan fingerprint density at radius 2 is 1.59 bits per heavy atom. The fourth-order valence-electron chi connectivity index (χ4n) is 3.14. The van der Waals surface area contributed by atoms with E-state index in [-0.39, 0.29) is 5.57 Å². The molecule has 1 heterocycles. The van der Waals surface area contributed by atoms with Crippen LogP contribution in [0.15, 0.2) is 46.4 Å². The van der Waals surface area contributed by atoms with Crippen LogP contribution in [0.5, 0.6) is 17.2 Å². The molecule has 9 heteroatoms. The lowest BCUT2D eigenvalue weighted by atomic mass is 10.1. The lowest BCUT2D eigenvalue weighted by Gasteiger charge is -2.26. The SMILES string of the molecule is CCOc1ccc(N2C(=O)NC(=O)/C(=C\c3cc(Br)c(OCC)c(OCC)c3)C2=O)cc1. The molecule has 1 fully saturated rings. The van der Waals surface area contributed by atoms with Crippen LogP contribution in [-0.2, 0) is 9.59 Å². The van der Waals surface area contributed by atoms with Gasteiger partial charge in [0.15, 0.2) is 11.5 Å². The Morgan fingerprint density at radius 3 is 2.22 bits per heavy atom. The monoisotopic (exact) mass is 502 g/mol. The van der Waals surface area contributed by atoms with Gasteiger partial charge in [-0.25, -0.2) is 9.69 Å². The normalized spacial score (nSPS) is 15.1. The number of imide groups is 2. The van der Waals surface area contributed by atoms with Crippen molar-refractivity contribution in [1.29, 1.82) is 0 Å².